The first-order valence-corrected chi connectivity index (χ1v) is 6.31. The minimum absolute atomic E-state index is 0.459. The zero-order chi connectivity index (χ0) is 14.1. The highest BCUT2D eigenvalue weighted by molar-refractivity contribution is 6.58. The Morgan fingerprint density at radius 1 is 1.11 bits per heavy atom. The van der Waals surface area contributed by atoms with E-state index in [1.807, 2.05) is 6.92 Å². The first kappa shape index (κ1) is 16.0. The van der Waals surface area contributed by atoms with E-state index in [0.29, 0.717) is 31.9 Å². The van der Waals surface area contributed by atoms with Crippen LogP contribution in [0.15, 0.2) is 18.2 Å². The Labute approximate surface area is 114 Å². The normalized spacial score (nSPS) is 10.5. The van der Waals surface area contributed by atoms with Gasteiger partial charge in [-0.2, -0.15) is 0 Å². The molecular formula is C13H21BO5. The average Bonchev–Trinajstić information content (AvgIpc) is 2.39. The van der Waals surface area contributed by atoms with Crippen LogP contribution >= 0.6 is 0 Å². The number of rotatable bonds is 9. The quantitative estimate of drug-likeness (QED) is 0.491. The van der Waals surface area contributed by atoms with Crippen molar-refractivity contribution in [2.45, 2.75) is 13.3 Å². The molecule has 0 spiro atoms. The third kappa shape index (κ3) is 6.07. The summed E-state index contributed by atoms with van der Waals surface area (Å²) >= 11 is 0. The Kier molecular flexibility index (Phi) is 7.51. The fourth-order valence-corrected chi connectivity index (χ4v) is 1.61. The van der Waals surface area contributed by atoms with Gasteiger partial charge < -0.3 is 24.3 Å². The van der Waals surface area contributed by atoms with E-state index in [1.165, 1.54) is 0 Å². The van der Waals surface area contributed by atoms with Crippen molar-refractivity contribution in [1.82, 2.24) is 0 Å². The summed E-state index contributed by atoms with van der Waals surface area (Å²) in [5.74, 6) is 0.727. The smallest absolute Gasteiger partial charge is 0.488 e. The van der Waals surface area contributed by atoms with E-state index in [-0.39, 0.29) is 0 Å². The highest BCUT2D eigenvalue weighted by Gasteiger charge is 2.12. The first-order valence-electron chi connectivity index (χ1n) is 6.31. The number of hydrogen-bond donors (Lipinski definition) is 2. The SMILES string of the molecule is COCCCOCCOc1ccc(B(O)O)cc1C. The van der Waals surface area contributed by atoms with Crippen LogP contribution in [-0.2, 0) is 9.47 Å². The Morgan fingerprint density at radius 2 is 1.89 bits per heavy atom. The summed E-state index contributed by atoms with van der Waals surface area (Å²) in [5.41, 5.74) is 1.32. The Bertz CT molecular complexity index is 370. The van der Waals surface area contributed by atoms with Gasteiger partial charge in [-0.3, -0.25) is 0 Å². The highest BCUT2D eigenvalue weighted by atomic mass is 16.5. The van der Waals surface area contributed by atoms with Crippen molar-refractivity contribution in [1.29, 1.82) is 0 Å². The Morgan fingerprint density at radius 3 is 2.53 bits per heavy atom. The number of aryl methyl sites for hydroxylation is 1. The van der Waals surface area contributed by atoms with E-state index >= 15 is 0 Å². The Hall–Kier alpha value is -1.08. The molecule has 0 aliphatic carbocycles. The third-order valence-corrected chi connectivity index (χ3v) is 2.62. The first-order chi connectivity index (χ1) is 9.15. The molecule has 1 aromatic carbocycles. The van der Waals surface area contributed by atoms with Crippen LogP contribution in [0.4, 0.5) is 0 Å². The molecule has 2 N–H and O–H groups in total. The van der Waals surface area contributed by atoms with Gasteiger partial charge >= 0.3 is 7.12 Å². The van der Waals surface area contributed by atoms with E-state index in [4.69, 9.17) is 24.3 Å². The molecule has 0 fully saturated rings. The minimum Gasteiger partial charge on any atom is -0.491 e. The van der Waals surface area contributed by atoms with Crippen LogP contribution in [0.5, 0.6) is 5.75 Å². The van der Waals surface area contributed by atoms with Crippen LogP contribution < -0.4 is 10.2 Å². The zero-order valence-corrected chi connectivity index (χ0v) is 11.5. The van der Waals surface area contributed by atoms with E-state index in [9.17, 15) is 0 Å². The van der Waals surface area contributed by atoms with Crippen molar-refractivity contribution >= 4 is 12.6 Å². The minimum atomic E-state index is -1.45. The number of hydrogen-bond acceptors (Lipinski definition) is 5. The van der Waals surface area contributed by atoms with Gasteiger partial charge in [0.1, 0.15) is 12.4 Å². The van der Waals surface area contributed by atoms with Crippen molar-refractivity contribution in [3.8, 4) is 5.75 Å². The fourth-order valence-electron chi connectivity index (χ4n) is 1.61. The van der Waals surface area contributed by atoms with Crippen LogP contribution in [0.25, 0.3) is 0 Å². The standard InChI is InChI=1S/C13H21BO5/c1-11-10-12(14(15)16)4-5-13(11)19-9-8-18-7-3-6-17-2/h4-5,10,15-16H,3,6-9H2,1-2H3. The van der Waals surface area contributed by atoms with Gasteiger partial charge in [0.05, 0.1) is 6.61 Å². The molecular weight excluding hydrogens is 247 g/mol. The molecule has 19 heavy (non-hydrogen) atoms. The van der Waals surface area contributed by atoms with Crippen LogP contribution in [0.2, 0.25) is 0 Å². The fraction of sp³-hybridized carbons (Fsp3) is 0.538. The molecule has 5 nitrogen and oxygen atoms in total. The molecule has 0 aromatic heterocycles. The largest absolute Gasteiger partial charge is 0.491 e. The average molecular weight is 268 g/mol. The maximum Gasteiger partial charge on any atom is 0.488 e. The van der Waals surface area contributed by atoms with Gasteiger partial charge in [0.25, 0.3) is 0 Å². The lowest BCUT2D eigenvalue weighted by Crippen LogP contribution is -2.29. The predicted molar refractivity (Wildman–Crippen MR) is 73.8 cm³/mol. The van der Waals surface area contributed by atoms with E-state index in [1.54, 1.807) is 25.3 Å². The molecule has 1 rings (SSSR count). The van der Waals surface area contributed by atoms with Gasteiger partial charge in [-0.05, 0) is 30.4 Å². The summed E-state index contributed by atoms with van der Waals surface area (Å²) in [6.45, 7) is 4.21. The summed E-state index contributed by atoms with van der Waals surface area (Å²) in [6.07, 6.45) is 0.874. The van der Waals surface area contributed by atoms with Crippen LogP contribution in [0.3, 0.4) is 0 Å². The van der Waals surface area contributed by atoms with E-state index < -0.39 is 7.12 Å². The van der Waals surface area contributed by atoms with Crippen molar-refractivity contribution in [3.63, 3.8) is 0 Å². The Balaban J connectivity index is 2.26. The molecule has 0 radical (unpaired) electrons. The molecule has 0 heterocycles. The van der Waals surface area contributed by atoms with Crippen molar-refractivity contribution in [2.75, 3.05) is 33.5 Å². The second-order valence-corrected chi connectivity index (χ2v) is 4.21. The van der Waals surface area contributed by atoms with Crippen molar-refractivity contribution in [2.24, 2.45) is 0 Å². The molecule has 0 amide bonds. The predicted octanol–water partition coefficient (Wildman–Crippen LogP) is 0.107. The van der Waals surface area contributed by atoms with Gasteiger partial charge in [0.15, 0.2) is 0 Å². The summed E-state index contributed by atoms with van der Waals surface area (Å²) in [5, 5.41) is 18.1. The topological polar surface area (TPSA) is 68.2 Å². The van der Waals surface area contributed by atoms with Crippen molar-refractivity contribution < 1.29 is 24.3 Å². The van der Waals surface area contributed by atoms with E-state index in [0.717, 1.165) is 17.7 Å². The third-order valence-electron chi connectivity index (χ3n) is 2.62. The maximum absolute atomic E-state index is 9.04. The molecule has 0 aliphatic rings. The molecule has 0 atom stereocenters. The van der Waals surface area contributed by atoms with Crippen LogP contribution in [0.1, 0.15) is 12.0 Å². The molecule has 6 heteroatoms. The van der Waals surface area contributed by atoms with Gasteiger partial charge in [-0.25, -0.2) is 0 Å². The second kappa shape index (κ2) is 8.93. The second-order valence-electron chi connectivity index (χ2n) is 4.21. The molecule has 0 unspecified atom stereocenters. The molecule has 0 aliphatic heterocycles. The van der Waals surface area contributed by atoms with Crippen molar-refractivity contribution in [3.05, 3.63) is 23.8 Å². The summed E-state index contributed by atoms with van der Waals surface area (Å²) < 4.78 is 15.8. The monoisotopic (exact) mass is 268 g/mol. The zero-order valence-electron chi connectivity index (χ0n) is 11.5. The summed E-state index contributed by atoms with van der Waals surface area (Å²) in [4.78, 5) is 0. The molecule has 0 saturated heterocycles. The van der Waals surface area contributed by atoms with Gasteiger partial charge in [0.2, 0.25) is 0 Å². The number of ether oxygens (including phenoxy) is 3. The van der Waals surface area contributed by atoms with E-state index in [2.05, 4.69) is 0 Å². The van der Waals surface area contributed by atoms with Crippen LogP contribution in [-0.4, -0.2) is 50.7 Å². The molecule has 0 saturated carbocycles. The summed E-state index contributed by atoms with van der Waals surface area (Å²) in [6, 6.07) is 5.06. The van der Waals surface area contributed by atoms with Gasteiger partial charge in [-0.1, -0.05) is 12.1 Å². The summed E-state index contributed by atoms with van der Waals surface area (Å²) in [7, 11) is 0.218. The lowest BCUT2D eigenvalue weighted by Gasteiger charge is -2.11. The lowest BCUT2D eigenvalue weighted by atomic mass is 9.79. The number of benzene rings is 1. The molecule has 106 valence electrons. The molecule has 1 aromatic rings. The van der Waals surface area contributed by atoms with Crippen LogP contribution in [0, 0.1) is 6.92 Å². The maximum atomic E-state index is 9.04. The van der Waals surface area contributed by atoms with Gasteiger partial charge in [0, 0.05) is 20.3 Å². The highest BCUT2D eigenvalue weighted by Crippen LogP contribution is 2.15. The number of methoxy groups -OCH3 is 1. The molecule has 0 bridgehead atoms. The van der Waals surface area contributed by atoms with Gasteiger partial charge in [-0.15, -0.1) is 0 Å². The lowest BCUT2D eigenvalue weighted by molar-refractivity contribution is 0.0805.